The molecule has 2 rings (SSSR count). The summed E-state index contributed by atoms with van der Waals surface area (Å²) in [6.07, 6.45) is 1.02. The summed E-state index contributed by atoms with van der Waals surface area (Å²) >= 11 is 3.32. The van der Waals surface area contributed by atoms with E-state index in [1.807, 2.05) is 13.1 Å². The zero-order chi connectivity index (χ0) is 13.1. The Hall–Kier alpha value is -0.980. The molecule has 0 amide bonds. The van der Waals surface area contributed by atoms with Crippen molar-refractivity contribution < 1.29 is 9.66 Å². The van der Waals surface area contributed by atoms with Crippen molar-refractivity contribution in [2.45, 2.75) is 19.0 Å². The number of ether oxygens (including phenoxy) is 1. The first-order chi connectivity index (χ1) is 8.59. The lowest BCUT2D eigenvalue weighted by molar-refractivity contribution is -0.385. The Morgan fingerprint density at radius 2 is 2.39 bits per heavy atom. The lowest BCUT2D eigenvalue weighted by Crippen LogP contribution is -2.31. The molecule has 0 aliphatic carbocycles. The van der Waals surface area contributed by atoms with Crippen LogP contribution in [0, 0.1) is 10.1 Å². The molecule has 1 aliphatic rings. The van der Waals surface area contributed by atoms with Crippen molar-refractivity contribution in [1.82, 2.24) is 4.90 Å². The molecule has 1 unspecified atom stereocenters. The van der Waals surface area contributed by atoms with E-state index in [1.54, 1.807) is 6.07 Å². The molecular formula is C12H15BrN2O3. The molecule has 1 aliphatic heterocycles. The Morgan fingerprint density at radius 1 is 1.61 bits per heavy atom. The van der Waals surface area contributed by atoms with Gasteiger partial charge < -0.3 is 4.74 Å². The van der Waals surface area contributed by atoms with Crippen LogP contribution in [0.2, 0.25) is 0 Å². The van der Waals surface area contributed by atoms with E-state index in [0.29, 0.717) is 17.1 Å². The van der Waals surface area contributed by atoms with Crippen LogP contribution in [0.1, 0.15) is 12.0 Å². The molecule has 0 radical (unpaired) electrons. The number of nitrogens with zero attached hydrogens (tertiary/aromatic N) is 2. The van der Waals surface area contributed by atoms with Crippen molar-refractivity contribution in [2.75, 3.05) is 20.3 Å². The minimum Gasteiger partial charge on any atom is -0.380 e. The van der Waals surface area contributed by atoms with Crippen LogP contribution in [0.25, 0.3) is 0 Å². The van der Waals surface area contributed by atoms with Crippen LogP contribution in [-0.2, 0) is 11.3 Å². The summed E-state index contributed by atoms with van der Waals surface area (Å²) in [5, 5.41) is 10.9. The van der Waals surface area contributed by atoms with E-state index in [9.17, 15) is 10.1 Å². The number of rotatable bonds is 4. The average molecular weight is 315 g/mol. The predicted octanol–water partition coefficient (Wildman–Crippen LogP) is 2.58. The molecule has 5 nitrogen and oxygen atoms in total. The highest BCUT2D eigenvalue weighted by Crippen LogP contribution is 2.29. The number of nitro benzene ring substituents is 1. The molecule has 0 aromatic heterocycles. The molecule has 98 valence electrons. The first-order valence-electron chi connectivity index (χ1n) is 5.79. The normalized spacial score (nSPS) is 19.4. The van der Waals surface area contributed by atoms with Gasteiger partial charge in [0.2, 0.25) is 0 Å². The van der Waals surface area contributed by atoms with Gasteiger partial charge in [0, 0.05) is 25.3 Å². The van der Waals surface area contributed by atoms with Gasteiger partial charge in [0.25, 0.3) is 5.69 Å². The first kappa shape index (κ1) is 13.5. The van der Waals surface area contributed by atoms with Crippen molar-refractivity contribution in [3.05, 3.63) is 38.3 Å². The second kappa shape index (κ2) is 5.77. The SMILES string of the molecule is CN(Cc1cccc([N+](=O)[O-])c1Br)C1CCOC1. The number of benzene rings is 1. The molecule has 0 N–H and O–H groups in total. The third kappa shape index (κ3) is 2.88. The number of likely N-dealkylation sites (N-methyl/N-ethyl adjacent to an activating group) is 1. The molecule has 1 heterocycles. The van der Waals surface area contributed by atoms with E-state index >= 15 is 0 Å². The van der Waals surface area contributed by atoms with Gasteiger partial charge in [-0.05, 0) is 35.0 Å². The van der Waals surface area contributed by atoms with Crippen LogP contribution < -0.4 is 0 Å². The third-order valence-corrected chi connectivity index (χ3v) is 4.12. The van der Waals surface area contributed by atoms with Gasteiger partial charge in [0.05, 0.1) is 16.0 Å². The molecule has 18 heavy (non-hydrogen) atoms. The van der Waals surface area contributed by atoms with E-state index in [2.05, 4.69) is 20.8 Å². The van der Waals surface area contributed by atoms with Crippen molar-refractivity contribution in [3.8, 4) is 0 Å². The summed E-state index contributed by atoms with van der Waals surface area (Å²) in [6.45, 7) is 2.21. The van der Waals surface area contributed by atoms with Crippen LogP contribution >= 0.6 is 15.9 Å². The lowest BCUT2D eigenvalue weighted by atomic mass is 10.1. The van der Waals surface area contributed by atoms with E-state index in [0.717, 1.165) is 25.2 Å². The highest BCUT2D eigenvalue weighted by atomic mass is 79.9. The van der Waals surface area contributed by atoms with Gasteiger partial charge in [-0.15, -0.1) is 0 Å². The van der Waals surface area contributed by atoms with Gasteiger partial charge >= 0.3 is 0 Å². The Balaban J connectivity index is 2.13. The van der Waals surface area contributed by atoms with Crippen LogP contribution in [0.3, 0.4) is 0 Å². The van der Waals surface area contributed by atoms with E-state index in [-0.39, 0.29) is 10.6 Å². The highest BCUT2D eigenvalue weighted by Gasteiger charge is 2.22. The van der Waals surface area contributed by atoms with Crippen LogP contribution in [0.5, 0.6) is 0 Å². The smallest absolute Gasteiger partial charge is 0.283 e. The Labute approximate surface area is 114 Å². The quantitative estimate of drug-likeness (QED) is 0.633. The highest BCUT2D eigenvalue weighted by molar-refractivity contribution is 9.10. The maximum Gasteiger partial charge on any atom is 0.283 e. The molecule has 0 spiro atoms. The number of hydrogen-bond donors (Lipinski definition) is 0. The maximum atomic E-state index is 10.9. The van der Waals surface area contributed by atoms with Crippen LogP contribution in [0.15, 0.2) is 22.7 Å². The molecule has 0 bridgehead atoms. The summed E-state index contributed by atoms with van der Waals surface area (Å²) in [7, 11) is 2.02. The van der Waals surface area contributed by atoms with Gasteiger partial charge in [0.15, 0.2) is 0 Å². The summed E-state index contributed by atoms with van der Waals surface area (Å²) in [4.78, 5) is 12.7. The topological polar surface area (TPSA) is 55.6 Å². The Kier molecular flexibility index (Phi) is 4.31. The molecule has 1 saturated heterocycles. The summed E-state index contributed by atoms with van der Waals surface area (Å²) in [5.74, 6) is 0. The maximum absolute atomic E-state index is 10.9. The summed E-state index contributed by atoms with van der Waals surface area (Å²) < 4.78 is 5.92. The average Bonchev–Trinajstić information content (AvgIpc) is 2.85. The van der Waals surface area contributed by atoms with Gasteiger partial charge in [0.1, 0.15) is 0 Å². The minimum atomic E-state index is -0.369. The minimum absolute atomic E-state index is 0.114. The van der Waals surface area contributed by atoms with Crippen LogP contribution in [-0.4, -0.2) is 36.1 Å². The summed E-state index contributed by atoms with van der Waals surface area (Å²) in [6, 6.07) is 5.53. The fourth-order valence-electron chi connectivity index (χ4n) is 2.10. The Bertz CT molecular complexity index is 447. The monoisotopic (exact) mass is 314 g/mol. The zero-order valence-corrected chi connectivity index (χ0v) is 11.7. The predicted molar refractivity (Wildman–Crippen MR) is 71.5 cm³/mol. The van der Waals surface area contributed by atoms with Gasteiger partial charge in [-0.3, -0.25) is 15.0 Å². The molecule has 0 saturated carbocycles. The standard InChI is InChI=1S/C12H15BrN2O3/c1-14(10-5-6-18-8-10)7-9-3-2-4-11(12(9)13)15(16)17/h2-4,10H,5-8H2,1H3. The van der Waals surface area contributed by atoms with Gasteiger partial charge in [-0.25, -0.2) is 0 Å². The molecular weight excluding hydrogens is 300 g/mol. The van der Waals surface area contributed by atoms with Crippen molar-refractivity contribution >= 4 is 21.6 Å². The fourth-order valence-corrected chi connectivity index (χ4v) is 2.63. The largest absolute Gasteiger partial charge is 0.380 e. The molecule has 1 fully saturated rings. The number of halogens is 1. The molecule has 1 aromatic carbocycles. The molecule has 1 atom stereocenters. The lowest BCUT2D eigenvalue weighted by Gasteiger charge is -2.23. The third-order valence-electron chi connectivity index (χ3n) is 3.20. The first-order valence-corrected chi connectivity index (χ1v) is 6.58. The van der Waals surface area contributed by atoms with Crippen molar-refractivity contribution in [1.29, 1.82) is 0 Å². The Morgan fingerprint density at radius 3 is 3.00 bits per heavy atom. The van der Waals surface area contributed by atoms with E-state index < -0.39 is 0 Å². The van der Waals surface area contributed by atoms with Crippen molar-refractivity contribution in [2.24, 2.45) is 0 Å². The second-order valence-electron chi connectivity index (χ2n) is 4.44. The van der Waals surface area contributed by atoms with E-state index in [1.165, 1.54) is 6.07 Å². The van der Waals surface area contributed by atoms with Crippen LogP contribution in [0.4, 0.5) is 5.69 Å². The van der Waals surface area contributed by atoms with Gasteiger partial charge in [-0.1, -0.05) is 12.1 Å². The van der Waals surface area contributed by atoms with Crippen molar-refractivity contribution in [3.63, 3.8) is 0 Å². The number of hydrogen-bond acceptors (Lipinski definition) is 4. The zero-order valence-electron chi connectivity index (χ0n) is 10.1. The van der Waals surface area contributed by atoms with E-state index in [4.69, 9.17) is 4.74 Å². The molecule has 6 heteroatoms. The second-order valence-corrected chi connectivity index (χ2v) is 5.23. The fraction of sp³-hybridized carbons (Fsp3) is 0.500. The summed E-state index contributed by atoms with van der Waals surface area (Å²) in [5.41, 5.74) is 1.04. The van der Waals surface area contributed by atoms with Gasteiger partial charge in [-0.2, -0.15) is 0 Å². The molecule has 1 aromatic rings. The number of nitro groups is 1.